The minimum Gasteiger partial charge on any atom is -0.388 e. The molecule has 0 spiro atoms. The molecule has 0 amide bonds. The van der Waals surface area contributed by atoms with Crippen molar-refractivity contribution in [3.63, 3.8) is 0 Å². The zero-order valence-electron chi connectivity index (χ0n) is 14.2. The Morgan fingerprint density at radius 3 is 2.93 bits per heavy atom. The van der Waals surface area contributed by atoms with Gasteiger partial charge in [0.05, 0.1) is 21.6 Å². The van der Waals surface area contributed by atoms with Gasteiger partial charge < -0.3 is 15.5 Å². The Morgan fingerprint density at radius 1 is 1.44 bits per heavy atom. The first-order valence-electron chi connectivity index (χ1n) is 8.45. The van der Waals surface area contributed by atoms with E-state index in [-0.39, 0.29) is 5.92 Å². The summed E-state index contributed by atoms with van der Waals surface area (Å²) < 4.78 is 2.05. The van der Waals surface area contributed by atoms with Gasteiger partial charge in [-0.05, 0) is 30.9 Å². The van der Waals surface area contributed by atoms with Crippen molar-refractivity contribution in [1.82, 2.24) is 19.5 Å². The van der Waals surface area contributed by atoms with Gasteiger partial charge >= 0.3 is 0 Å². The molecule has 3 aromatic heterocycles. The Morgan fingerprint density at radius 2 is 2.26 bits per heavy atom. The number of halogens is 1. The number of aromatic nitrogens is 4. The largest absolute Gasteiger partial charge is 0.388 e. The van der Waals surface area contributed by atoms with Gasteiger partial charge in [-0.2, -0.15) is 5.26 Å². The normalized spacial score (nSPS) is 31.7. The molecule has 138 valence electrons. The van der Waals surface area contributed by atoms with E-state index in [2.05, 4.69) is 26.3 Å². The minimum atomic E-state index is -1.77. The first-order chi connectivity index (χ1) is 12.9. The van der Waals surface area contributed by atoms with Crippen LogP contribution in [0.1, 0.15) is 12.8 Å². The highest BCUT2D eigenvalue weighted by Crippen LogP contribution is 2.70. The number of rotatable bonds is 3. The van der Waals surface area contributed by atoms with E-state index in [9.17, 15) is 15.5 Å². The summed E-state index contributed by atoms with van der Waals surface area (Å²) >= 11 is 7.38. The Bertz CT molecular complexity index is 1120. The van der Waals surface area contributed by atoms with E-state index in [0.717, 1.165) is 4.88 Å². The van der Waals surface area contributed by atoms with Crippen LogP contribution in [-0.4, -0.2) is 42.9 Å². The lowest BCUT2D eigenvalue weighted by Crippen LogP contribution is -2.48. The summed E-state index contributed by atoms with van der Waals surface area (Å²) in [7, 11) is 1.72. The topological polar surface area (TPSA) is 120 Å². The van der Waals surface area contributed by atoms with Gasteiger partial charge in [0.2, 0.25) is 0 Å². The molecule has 27 heavy (non-hydrogen) atoms. The third-order valence-electron chi connectivity index (χ3n) is 5.73. The van der Waals surface area contributed by atoms with E-state index in [0.29, 0.717) is 40.0 Å². The summed E-state index contributed by atoms with van der Waals surface area (Å²) in [5.74, 6) is 0.897. The van der Waals surface area contributed by atoms with Gasteiger partial charge in [0.15, 0.2) is 28.5 Å². The molecule has 3 N–H and O–H groups in total. The highest BCUT2D eigenvalue weighted by atomic mass is 35.5. The van der Waals surface area contributed by atoms with Crippen molar-refractivity contribution >= 4 is 39.9 Å². The number of aliphatic hydroxyl groups is 2. The van der Waals surface area contributed by atoms with Gasteiger partial charge in [0.1, 0.15) is 11.5 Å². The molecular formula is C17H15ClN6O2S. The highest BCUT2D eigenvalue weighted by Gasteiger charge is 2.76. The lowest BCUT2D eigenvalue weighted by Gasteiger charge is -2.34. The second kappa shape index (κ2) is 5.39. The SMILES string of the molecule is CNc1nc(-c2ccc(Cl)s2)nc2c1ncn2C1(O)C(O)CC2CC21C#N. The van der Waals surface area contributed by atoms with Crippen molar-refractivity contribution < 1.29 is 10.2 Å². The quantitative estimate of drug-likeness (QED) is 0.614. The van der Waals surface area contributed by atoms with Gasteiger partial charge in [0.25, 0.3) is 0 Å². The summed E-state index contributed by atoms with van der Waals surface area (Å²) in [5.41, 5.74) is -1.97. The predicted octanol–water partition coefficient (Wildman–Crippen LogP) is 2.19. The van der Waals surface area contributed by atoms with E-state index in [1.165, 1.54) is 22.2 Å². The molecule has 2 saturated carbocycles. The number of nitrogens with zero attached hydrogens (tertiary/aromatic N) is 5. The van der Waals surface area contributed by atoms with Crippen molar-refractivity contribution in [1.29, 1.82) is 5.26 Å². The number of nitriles is 1. The van der Waals surface area contributed by atoms with Crippen LogP contribution in [-0.2, 0) is 5.72 Å². The van der Waals surface area contributed by atoms with Crippen molar-refractivity contribution in [3.8, 4) is 16.8 Å². The molecular weight excluding hydrogens is 388 g/mol. The molecule has 8 nitrogen and oxygen atoms in total. The summed E-state index contributed by atoms with van der Waals surface area (Å²) in [5, 5.41) is 34.7. The van der Waals surface area contributed by atoms with Crippen LogP contribution in [0.15, 0.2) is 18.5 Å². The number of anilines is 1. The molecule has 2 fully saturated rings. The van der Waals surface area contributed by atoms with Crippen LogP contribution in [0.4, 0.5) is 5.82 Å². The van der Waals surface area contributed by atoms with E-state index >= 15 is 0 Å². The molecule has 2 aliphatic carbocycles. The first-order valence-corrected chi connectivity index (χ1v) is 9.65. The number of thiophene rings is 1. The third kappa shape index (κ3) is 2.01. The molecule has 0 bridgehead atoms. The van der Waals surface area contributed by atoms with E-state index < -0.39 is 17.2 Å². The second-order valence-corrected chi connectivity index (χ2v) is 8.71. The van der Waals surface area contributed by atoms with Gasteiger partial charge in [-0.15, -0.1) is 11.3 Å². The fraction of sp³-hybridized carbons (Fsp3) is 0.412. The fourth-order valence-corrected chi connectivity index (χ4v) is 5.24. The summed E-state index contributed by atoms with van der Waals surface area (Å²) in [4.78, 5) is 14.2. The number of aliphatic hydroxyl groups excluding tert-OH is 1. The van der Waals surface area contributed by atoms with E-state index in [1.54, 1.807) is 13.1 Å². The lowest BCUT2D eigenvalue weighted by atomic mass is 9.93. The number of fused-ring (bicyclic) bond motifs is 2. The molecule has 2 aliphatic rings. The molecule has 4 atom stereocenters. The average Bonchev–Trinajstić information content (AvgIpc) is 2.96. The Labute approximate surface area is 163 Å². The standard InChI is InChI=1S/C17H15ClN6O2S/c1-20-14-12-15(23-13(22-14)9-2-3-11(18)27-9)24(7-21-12)17(26)10(25)4-8-5-16(8,17)6-19/h2-3,7-8,10,25-26H,4-5H2,1H3,(H,20,22,23). The summed E-state index contributed by atoms with van der Waals surface area (Å²) in [6, 6.07) is 5.82. The van der Waals surface area contributed by atoms with Gasteiger partial charge in [-0.25, -0.2) is 15.0 Å². The van der Waals surface area contributed by atoms with Crippen LogP contribution in [0, 0.1) is 22.7 Å². The van der Waals surface area contributed by atoms with Crippen molar-refractivity contribution in [2.75, 3.05) is 12.4 Å². The predicted molar refractivity (Wildman–Crippen MR) is 100 cm³/mol. The Hall–Kier alpha value is -2.25. The van der Waals surface area contributed by atoms with Crippen LogP contribution >= 0.6 is 22.9 Å². The molecule has 5 rings (SSSR count). The molecule has 0 radical (unpaired) electrons. The first kappa shape index (κ1) is 16.9. The van der Waals surface area contributed by atoms with Crippen molar-refractivity contribution in [3.05, 3.63) is 22.8 Å². The zero-order chi connectivity index (χ0) is 19.0. The molecule has 10 heteroatoms. The number of hydrogen-bond donors (Lipinski definition) is 3. The van der Waals surface area contributed by atoms with Gasteiger partial charge in [0, 0.05) is 7.05 Å². The molecule has 3 aromatic rings. The zero-order valence-corrected chi connectivity index (χ0v) is 15.8. The number of imidazole rings is 1. The van der Waals surface area contributed by atoms with Gasteiger partial charge in [-0.3, -0.25) is 4.57 Å². The van der Waals surface area contributed by atoms with Crippen LogP contribution in [0.3, 0.4) is 0 Å². The molecule has 3 heterocycles. The minimum absolute atomic E-state index is 0.0267. The average molecular weight is 403 g/mol. The van der Waals surface area contributed by atoms with Crippen LogP contribution in [0.2, 0.25) is 4.34 Å². The lowest BCUT2D eigenvalue weighted by molar-refractivity contribution is -0.149. The molecule has 0 aliphatic heterocycles. The van der Waals surface area contributed by atoms with Crippen molar-refractivity contribution in [2.45, 2.75) is 24.7 Å². The molecule has 0 aromatic carbocycles. The highest BCUT2D eigenvalue weighted by molar-refractivity contribution is 7.19. The van der Waals surface area contributed by atoms with Gasteiger partial charge in [-0.1, -0.05) is 11.6 Å². The summed E-state index contributed by atoms with van der Waals surface area (Å²) in [6.07, 6.45) is 1.28. The van der Waals surface area contributed by atoms with Crippen LogP contribution in [0.5, 0.6) is 0 Å². The smallest absolute Gasteiger partial charge is 0.189 e. The number of hydrogen-bond acceptors (Lipinski definition) is 8. The molecule has 0 saturated heterocycles. The van der Waals surface area contributed by atoms with E-state index in [4.69, 9.17) is 11.6 Å². The van der Waals surface area contributed by atoms with Crippen molar-refractivity contribution in [2.24, 2.45) is 11.3 Å². The van der Waals surface area contributed by atoms with Crippen LogP contribution < -0.4 is 5.32 Å². The maximum Gasteiger partial charge on any atom is 0.189 e. The third-order valence-corrected chi connectivity index (χ3v) is 6.95. The Balaban J connectivity index is 1.76. The van der Waals surface area contributed by atoms with E-state index in [1.807, 2.05) is 6.07 Å². The maximum absolute atomic E-state index is 11.5. The fourth-order valence-electron chi connectivity index (χ4n) is 4.26. The maximum atomic E-state index is 11.5. The molecule has 4 unspecified atom stereocenters. The monoisotopic (exact) mass is 402 g/mol. The number of nitrogens with one attached hydrogen (secondary N) is 1. The second-order valence-electron chi connectivity index (χ2n) is 7.00. The summed E-state index contributed by atoms with van der Waals surface area (Å²) in [6.45, 7) is 0. The van der Waals surface area contributed by atoms with Crippen LogP contribution in [0.25, 0.3) is 21.9 Å². The Kier molecular flexibility index (Phi) is 3.37.